The van der Waals surface area contributed by atoms with Crippen molar-refractivity contribution in [3.05, 3.63) is 58.4 Å². The van der Waals surface area contributed by atoms with Gasteiger partial charge in [-0.25, -0.2) is 5.43 Å². The first kappa shape index (κ1) is 15.0. The van der Waals surface area contributed by atoms with E-state index in [4.69, 9.17) is 4.42 Å². The molecule has 0 radical (unpaired) electrons. The summed E-state index contributed by atoms with van der Waals surface area (Å²) in [5, 5.41) is 20.1. The first-order valence-corrected chi connectivity index (χ1v) is 7.34. The highest BCUT2D eigenvalue weighted by atomic mass is 79.9. The zero-order valence-corrected chi connectivity index (χ0v) is 13.2. The second-order valence-electron chi connectivity index (χ2n) is 4.55. The highest BCUT2D eigenvalue weighted by Gasteiger charge is 2.12. The van der Waals surface area contributed by atoms with Crippen molar-refractivity contribution in [2.75, 3.05) is 0 Å². The fraction of sp³-hybridized carbons (Fsp3) is 0. The standard InChI is InChI=1S/C15H11BrN4O3/c16-10-3-4-13(21)9(6-10)8-17-20-15(22)12-7-11(18-19-12)14-2-1-5-23-14/h1-8,21H,(H,18,19)(H,20,22)/b17-8+. The van der Waals surface area contributed by atoms with Gasteiger partial charge in [0.15, 0.2) is 11.5 Å². The molecule has 2 heterocycles. The number of carbonyl (C=O) groups excluding carboxylic acids is 1. The number of aromatic nitrogens is 2. The van der Waals surface area contributed by atoms with Crippen LogP contribution in [0, 0.1) is 0 Å². The number of carbonyl (C=O) groups is 1. The molecule has 3 rings (SSSR count). The monoisotopic (exact) mass is 374 g/mol. The molecule has 1 amide bonds. The number of nitrogens with zero attached hydrogens (tertiary/aromatic N) is 2. The first-order valence-electron chi connectivity index (χ1n) is 6.54. The number of phenols is 1. The lowest BCUT2D eigenvalue weighted by atomic mass is 10.2. The van der Waals surface area contributed by atoms with Crippen LogP contribution in [0.3, 0.4) is 0 Å². The molecule has 7 nitrogen and oxygen atoms in total. The first-order chi connectivity index (χ1) is 11.1. The molecule has 0 unspecified atom stereocenters. The van der Waals surface area contributed by atoms with Crippen molar-refractivity contribution in [2.45, 2.75) is 0 Å². The molecule has 0 aliphatic heterocycles. The van der Waals surface area contributed by atoms with Crippen molar-refractivity contribution in [2.24, 2.45) is 5.10 Å². The molecule has 23 heavy (non-hydrogen) atoms. The van der Waals surface area contributed by atoms with Crippen LogP contribution in [0.1, 0.15) is 16.1 Å². The Bertz CT molecular complexity index is 855. The lowest BCUT2D eigenvalue weighted by Crippen LogP contribution is -2.18. The number of rotatable bonds is 4. The summed E-state index contributed by atoms with van der Waals surface area (Å²) in [7, 11) is 0. The molecule has 1 aromatic carbocycles. The van der Waals surface area contributed by atoms with Crippen LogP contribution in [0.4, 0.5) is 0 Å². The molecule has 0 spiro atoms. The smallest absolute Gasteiger partial charge is 0.291 e. The number of nitrogens with one attached hydrogen (secondary N) is 2. The van der Waals surface area contributed by atoms with Crippen LogP contribution < -0.4 is 5.43 Å². The Morgan fingerprint density at radius 2 is 2.26 bits per heavy atom. The summed E-state index contributed by atoms with van der Waals surface area (Å²) in [4.78, 5) is 12.0. The third-order valence-electron chi connectivity index (χ3n) is 2.96. The quantitative estimate of drug-likeness (QED) is 0.482. The molecule has 0 saturated carbocycles. The fourth-order valence-corrected chi connectivity index (χ4v) is 2.22. The molecule has 0 aliphatic rings. The molecule has 116 valence electrons. The van der Waals surface area contributed by atoms with Crippen LogP contribution in [0.25, 0.3) is 11.5 Å². The second-order valence-corrected chi connectivity index (χ2v) is 5.46. The minimum atomic E-state index is -0.482. The summed E-state index contributed by atoms with van der Waals surface area (Å²) in [5.74, 6) is 0.162. The summed E-state index contributed by atoms with van der Waals surface area (Å²) in [5.41, 5.74) is 3.58. The van der Waals surface area contributed by atoms with Gasteiger partial charge >= 0.3 is 0 Å². The van der Waals surface area contributed by atoms with Crippen LogP contribution in [0.15, 0.2) is 56.7 Å². The maximum absolute atomic E-state index is 12.0. The van der Waals surface area contributed by atoms with Gasteiger partial charge in [0.1, 0.15) is 11.4 Å². The van der Waals surface area contributed by atoms with Crippen molar-refractivity contribution in [3.63, 3.8) is 0 Å². The van der Waals surface area contributed by atoms with E-state index >= 15 is 0 Å². The molecule has 0 bridgehead atoms. The number of benzene rings is 1. The Kier molecular flexibility index (Phi) is 4.24. The fourth-order valence-electron chi connectivity index (χ4n) is 1.84. The Morgan fingerprint density at radius 1 is 1.39 bits per heavy atom. The number of halogens is 1. The number of furan rings is 1. The number of amides is 1. The Labute approximate surface area is 139 Å². The average molecular weight is 375 g/mol. The molecular formula is C15H11BrN4O3. The van der Waals surface area contributed by atoms with Gasteiger partial charge in [-0.15, -0.1) is 0 Å². The van der Waals surface area contributed by atoms with E-state index in [1.165, 1.54) is 18.5 Å². The summed E-state index contributed by atoms with van der Waals surface area (Å²) < 4.78 is 6.00. The molecule has 0 aliphatic carbocycles. The SMILES string of the molecule is O=C(N/N=C/c1cc(Br)ccc1O)c1cc(-c2ccco2)[nH]n1. The summed E-state index contributed by atoms with van der Waals surface area (Å²) >= 11 is 3.29. The lowest BCUT2D eigenvalue weighted by molar-refractivity contribution is 0.0950. The summed E-state index contributed by atoms with van der Waals surface area (Å²) in [6, 6.07) is 9.95. The van der Waals surface area contributed by atoms with Gasteiger partial charge in [-0.05, 0) is 30.3 Å². The summed E-state index contributed by atoms with van der Waals surface area (Å²) in [6.07, 6.45) is 2.88. The van der Waals surface area contributed by atoms with Crippen LogP contribution in [0.2, 0.25) is 0 Å². The van der Waals surface area contributed by atoms with Crippen molar-refractivity contribution < 1.29 is 14.3 Å². The third kappa shape index (κ3) is 3.49. The predicted octanol–water partition coefficient (Wildman–Crippen LogP) is 2.90. The number of phenolic OH excluding ortho intramolecular Hbond substituents is 1. The molecule has 8 heteroatoms. The number of H-pyrrole nitrogens is 1. The van der Waals surface area contributed by atoms with E-state index in [1.54, 1.807) is 30.3 Å². The van der Waals surface area contributed by atoms with Gasteiger partial charge in [0.2, 0.25) is 0 Å². The largest absolute Gasteiger partial charge is 0.507 e. The highest BCUT2D eigenvalue weighted by Crippen LogP contribution is 2.20. The van der Waals surface area contributed by atoms with E-state index in [2.05, 4.69) is 36.7 Å². The van der Waals surface area contributed by atoms with E-state index in [0.29, 0.717) is 17.0 Å². The predicted molar refractivity (Wildman–Crippen MR) is 87.2 cm³/mol. The number of hydrogen-bond acceptors (Lipinski definition) is 5. The third-order valence-corrected chi connectivity index (χ3v) is 3.45. The molecule has 0 fully saturated rings. The molecule has 3 N–H and O–H groups in total. The Morgan fingerprint density at radius 3 is 3.04 bits per heavy atom. The average Bonchev–Trinajstić information content (AvgIpc) is 3.20. The Balaban J connectivity index is 1.68. The normalized spacial score (nSPS) is 11.0. The highest BCUT2D eigenvalue weighted by molar-refractivity contribution is 9.10. The van der Waals surface area contributed by atoms with Crippen molar-refractivity contribution >= 4 is 28.1 Å². The van der Waals surface area contributed by atoms with Crippen molar-refractivity contribution in [1.82, 2.24) is 15.6 Å². The second kappa shape index (κ2) is 6.49. The molecule has 0 saturated heterocycles. The minimum Gasteiger partial charge on any atom is -0.507 e. The zero-order valence-electron chi connectivity index (χ0n) is 11.7. The van der Waals surface area contributed by atoms with E-state index in [9.17, 15) is 9.90 Å². The molecule has 2 aromatic heterocycles. The van der Waals surface area contributed by atoms with Gasteiger partial charge in [-0.3, -0.25) is 9.89 Å². The van der Waals surface area contributed by atoms with Gasteiger partial charge in [0.05, 0.1) is 12.5 Å². The number of aromatic hydroxyl groups is 1. The number of hydrogen-bond donors (Lipinski definition) is 3. The van der Waals surface area contributed by atoms with Gasteiger partial charge in [0, 0.05) is 16.1 Å². The number of aromatic amines is 1. The Hall–Kier alpha value is -2.87. The molecular weight excluding hydrogens is 364 g/mol. The minimum absolute atomic E-state index is 0.0612. The van der Waals surface area contributed by atoms with Gasteiger partial charge < -0.3 is 9.52 Å². The van der Waals surface area contributed by atoms with Crippen molar-refractivity contribution in [1.29, 1.82) is 0 Å². The topological polar surface area (TPSA) is 104 Å². The van der Waals surface area contributed by atoms with E-state index in [0.717, 1.165) is 4.47 Å². The maximum Gasteiger partial charge on any atom is 0.291 e. The van der Waals surface area contributed by atoms with E-state index < -0.39 is 5.91 Å². The van der Waals surface area contributed by atoms with Crippen LogP contribution in [-0.2, 0) is 0 Å². The van der Waals surface area contributed by atoms with Gasteiger partial charge in [0.25, 0.3) is 5.91 Å². The lowest BCUT2D eigenvalue weighted by Gasteiger charge is -1.99. The number of hydrazone groups is 1. The van der Waals surface area contributed by atoms with Gasteiger partial charge in [-0.1, -0.05) is 15.9 Å². The van der Waals surface area contributed by atoms with Crippen LogP contribution in [0.5, 0.6) is 5.75 Å². The molecule has 0 atom stereocenters. The van der Waals surface area contributed by atoms with Crippen LogP contribution >= 0.6 is 15.9 Å². The maximum atomic E-state index is 12.0. The van der Waals surface area contributed by atoms with E-state index in [1.807, 2.05) is 0 Å². The zero-order chi connectivity index (χ0) is 16.2. The molecule has 3 aromatic rings. The van der Waals surface area contributed by atoms with E-state index in [-0.39, 0.29) is 11.4 Å². The van der Waals surface area contributed by atoms with Gasteiger partial charge in [-0.2, -0.15) is 10.2 Å². The summed E-state index contributed by atoms with van der Waals surface area (Å²) in [6.45, 7) is 0. The van der Waals surface area contributed by atoms with Crippen molar-refractivity contribution in [3.8, 4) is 17.2 Å². The van der Waals surface area contributed by atoms with Crippen LogP contribution in [-0.4, -0.2) is 27.4 Å².